The van der Waals surface area contributed by atoms with Crippen molar-refractivity contribution in [3.8, 4) is 0 Å². The van der Waals surface area contributed by atoms with Crippen LogP contribution in [0.2, 0.25) is 0 Å². The van der Waals surface area contributed by atoms with Gasteiger partial charge in [-0.05, 0) is 63.9 Å². The number of carbonyl (C=O) groups excluding carboxylic acids is 1. The summed E-state index contributed by atoms with van der Waals surface area (Å²) >= 11 is 2.23. The van der Waals surface area contributed by atoms with Gasteiger partial charge in [0.25, 0.3) is 5.91 Å². The number of halogens is 1. The minimum absolute atomic E-state index is 0.0529. The predicted molar refractivity (Wildman–Crippen MR) is 85.7 cm³/mol. The smallest absolute Gasteiger partial charge is 0.251 e. The number of rotatable bonds is 2. The molecule has 1 heterocycles. The molecule has 102 valence electrons. The van der Waals surface area contributed by atoms with Gasteiger partial charge < -0.3 is 10.4 Å². The van der Waals surface area contributed by atoms with E-state index in [4.69, 9.17) is 0 Å². The second-order valence-corrected chi connectivity index (χ2v) is 6.12. The summed E-state index contributed by atoms with van der Waals surface area (Å²) in [4.78, 5) is 11.8. The Hall–Kier alpha value is -1.40. The molecule has 3 nitrogen and oxygen atoms in total. The average Bonchev–Trinajstić information content (AvgIpc) is 2.47. The Balaban J connectivity index is 1.96. The minimum atomic E-state index is -0.702. The second kappa shape index (κ2) is 5.54. The van der Waals surface area contributed by atoms with Crippen LogP contribution in [0.5, 0.6) is 0 Å². The highest BCUT2D eigenvalue weighted by Crippen LogP contribution is 2.25. The fourth-order valence-corrected chi connectivity index (χ4v) is 2.80. The normalized spacial score (nSPS) is 15.4. The molecule has 20 heavy (non-hydrogen) atoms. The van der Waals surface area contributed by atoms with Crippen molar-refractivity contribution in [2.45, 2.75) is 12.5 Å². The van der Waals surface area contributed by atoms with Gasteiger partial charge in [-0.25, -0.2) is 0 Å². The molecule has 0 aliphatic carbocycles. The standard InChI is InChI=1S/C16H14INO2/c17-13-5-3-11(4-6-13)15(19)12-2-1-10-7-8-18-16(20)14(10)9-12/h1-6,9,15,19H,7-8H2,(H,18,20). The summed E-state index contributed by atoms with van der Waals surface area (Å²) < 4.78 is 1.13. The summed E-state index contributed by atoms with van der Waals surface area (Å²) in [5.41, 5.74) is 3.31. The molecule has 1 amide bonds. The Morgan fingerprint density at radius 3 is 2.55 bits per heavy atom. The van der Waals surface area contributed by atoms with Gasteiger partial charge in [-0.2, -0.15) is 0 Å². The number of amides is 1. The van der Waals surface area contributed by atoms with Gasteiger partial charge in [0.15, 0.2) is 0 Å². The Bertz CT molecular complexity index is 652. The van der Waals surface area contributed by atoms with E-state index in [9.17, 15) is 9.90 Å². The van der Waals surface area contributed by atoms with Crippen molar-refractivity contribution in [3.05, 3.63) is 68.3 Å². The third-order valence-corrected chi connectivity index (χ3v) is 4.28. The number of hydrogen-bond donors (Lipinski definition) is 2. The maximum absolute atomic E-state index is 11.8. The van der Waals surface area contributed by atoms with Crippen molar-refractivity contribution in [1.29, 1.82) is 0 Å². The molecular formula is C16H14INO2. The van der Waals surface area contributed by atoms with Crippen LogP contribution in [0.15, 0.2) is 42.5 Å². The van der Waals surface area contributed by atoms with Crippen LogP contribution in [0, 0.1) is 3.57 Å². The van der Waals surface area contributed by atoms with E-state index in [-0.39, 0.29) is 5.91 Å². The van der Waals surface area contributed by atoms with Crippen molar-refractivity contribution in [2.24, 2.45) is 0 Å². The SMILES string of the molecule is O=C1NCCc2ccc(C(O)c3ccc(I)cc3)cc21. The summed E-state index contributed by atoms with van der Waals surface area (Å²) in [6, 6.07) is 13.4. The molecule has 0 spiro atoms. The van der Waals surface area contributed by atoms with Crippen LogP contribution in [0.4, 0.5) is 0 Å². The van der Waals surface area contributed by atoms with Gasteiger partial charge in [0.1, 0.15) is 6.10 Å². The Morgan fingerprint density at radius 1 is 1.10 bits per heavy atom. The molecule has 2 N–H and O–H groups in total. The fourth-order valence-electron chi connectivity index (χ4n) is 2.44. The predicted octanol–water partition coefficient (Wildman–Crippen LogP) is 2.66. The van der Waals surface area contributed by atoms with Crippen LogP contribution >= 0.6 is 22.6 Å². The number of hydrogen-bond acceptors (Lipinski definition) is 2. The molecule has 4 heteroatoms. The summed E-state index contributed by atoms with van der Waals surface area (Å²) in [7, 11) is 0. The number of aliphatic hydroxyl groups excluding tert-OH is 1. The summed E-state index contributed by atoms with van der Waals surface area (Å²) in [5.74, 6) is -0.0529. The van der Waals surface area contributed by atoms with Crippen LogP contribution in [0.25, 0.3) is 0 Å². The first kappa shape index (κ1) is 13.6. The van der Waals surface area contributed by atoms with Gasteiger partial charge in [0.2, 0.25) is 0 Å². The van der Waals surface area contributed by atoms with Crippen molar-refractivity contribution >= 4 is 28.5 Å². The van der Waals surface area contributed by atoms with Crippen molar-refractivity contribution in [3.63, 3.8) is 0 Å². The van der Waals surface area contributed by atoms with E-state index in [1.165, 1.54) is 0 Å². The maximum Gasteiger partial charge on any atom is 0.251 e. The topological polar surface area (TPSA) is 49.3 Å². The molecular weight excluding hydrogens is 365 g/mol. The zero-order valence-corrected chi connectivity index (χ0v) is 12.9. The second-order valence-electron chi connectivity index (χ2n) is 4.88. The van der Waals surface area contributed by atoms with Gasteiger partial charge in [0.05, 0.1) is 0 Å². The molecule has 2 aromatic carbocycles. The van der Waals surface area contributed by atoms with Gasteiger partial charge in [-0.15, -0.1) is 0 Å². The zero-order chi connectivity index (χ0) is 14.1. The van der Waals surface area contributed by atoms with Crippen molar-refractivity contribution in [1.82, 2.24) is 5.32 Å². The highest BCUT2D eigenvalue weighted by molar-refractivity contribution is 14.1. The van der Waals surface area contributed by atoms with Crippen LogP contribution in [-0.4, -0.2) is 17.6 Å². The minimum Gasteiger partial charge on any atom is -0.384 e. The van der Waals surface area contributed by atoms with Crippen LogP contribution in [0.3, 0.4) is 0 Å². The first-order valence-electron chi connectivity index (χ1n) is 6.50. The molecule has 0 saturated heterocycles. The molecule has 0 bridgehead atoms. The molecule has 3 rings (SSSR count). The molecule has 1 aliphatic heterocycles. The molecule has 0 saturated carbocycles. The molecule has 0 aromatic heterocycles. The highest BCUT2D eigenvalue weighted by Gasteiger charge is 2.19. The monoisotopic (exact) mass is 379 g/mol. The first-order valence-corrected chi connectivity index (χ1v) is 7.57. The van der Waals surface area contributed by atoms with Gasteiger partial charge in [-0.3, -0.25) is 4.79 Å². The van der Waals surface area contributed by atoms with E-state index < -0.39 is 6.10 Å². The van der Waals surface area contributed by atoms with Crippen LogP contribution in [0.1, 0.15) is 33.2 Å². The van der Waals surface area contributed by atoms with Crippen molar-refractivity contribution in [2.75, 3.05) is 6.54 Å². The Kier molecular flexibility index (Phi) is 3.76. The van der Waals surface area contributed by atoms with Gasteiger partial charge >= 0.3 is 0 Å². The lowest BCUT2D eigenvalue weighted by atomic mass is 9.94. The molecule has 1 aliphatic rings. The molecule has 0 radical (unpaired) electrons. The molecule has 2 aromatic rings. The van der Waals surface area contributed by atoms with Crippen molar-refractivity contribution < 1.29 is 9.90 Å². The summed E-state index contributed by atoms with van der Waals surface area (Å²) in [6.45, 7) is 0.685. The van der Waals surface area contributed by atoms with Crippen LogP contribution < -0.4 is 5.32 Å². The number of nitrogens with one attached hydrogen (secondary N) is 1. The lowest BCUT2D eigenvalue weighted by Gasteiger charge is -2.19. The largest absolute Gasteiger partial charge is 0.384 e. The third kappa shape index (κ3) is 2.58. The third-order valence-electron chi connectivity index (χ3n) is 3.56. The van der Waals surface area contributed by atoms with E-state index in [0.29, 0.717) is 12.1 Å². The van der Waals surface area contributed by atoms with Gasteiger partial charge in [-0.1, -0.05) is 24.3 Å². The Labute approximate surface area is 131 Å². The summed E-state index contributed by atoms with van der Waals surface area (Å²) in [6.07, 6.45) is 0.146. The van der Waals surface area contributed by atoms with E-state index in [1.807, 2.05) is 36.4 Å². The molecule has 0 fully saturated rings. The maximum atomic E-state index is 11.8. The zero-order valence-electron chi connectivity index (χ0n) is 10.8. The molecule has 1 unspecified atom stereocenters. The van der Waals surface area contributed by atoms with E-state index in [2.05, 4.69) is 27.9 Å². The lowest BCUT2D eigenvalue weighted by molar-refractivity contribution is 0.0945. The van der Waals surface area contributed by atoms with E-state index >= 15 is 0 Å². The van der Waals surface area contributed by atoms with Gasteiger partial charge in [0, 0.05) is 15.7 Å². The average molecular weight is 379 g/mol. The quantitative estimate of drug-likeness (QED) is 0.789. The number of benzene rings is 2. The van der Waals surface area contributed by atoms with E-state index in [0.717, 1.165) is 26.7 Å². The number of fused-ring (bicyclic) bond motifs is 1. The first-order chi connectivity index (χ1) is 9.65. The fraction of sp³-hybridized carbons (Fsp3) is 0.188. The van der Waals surface area contributed by atoms with E-state index in [1.54, 1.807) is 6.07 Å². The lowest BCUT2D eigenvalue weighted by Crippen LogP contribution is -2.31. The van der Waals surface area contributed by atoms with Crippen LogP contribution in [-0.2, 0) is 6.42 Å². The molecule has 1 atom stereocenters. The number of aliphatic hydroxyl groups is 1. The summed E-state index contributed by atoms with van der Waals surface area (Å²) in [5, 5.41) is 13.3. The highest BCUT2D eigenvalue weighted by atomic mass is 127. The number of carbonyl (C=O) groups is 1. The Morgan fingerprint density at radius 2 is 1.80 bits per heavy atom.